The van der Waals surface area contributed by atoms with Gasteiger partial charge < -0.3 is 10.1 Å². The molecule has 0 spiro atoms. The lowest BCUT2D eigenvalue weighted by molar-refractivity contribution is 0.0485. The van der Waals surface area contributed by atoms with E-state index in [2.05, 4.69) is 20.4 Å². The molecule has 2 aromatic rings. The average Bonchev–Trinajstić information content (AvgIpc) is 3.04. The Labute approximate surface area is 147 Å². The Morgan fingerprint density at radius 2 is 2.12 bits per heavy atom. The first kappa shape index (κ1) is 17.4. The van der Waals surface area contributed by atoms with Crippen LogP contribution in [0.25, 0.3) is 11.5 Å². The third kappa shape index (κ3) is 4.78. The summed E-state index contributed by atoms with van der Waals surface area (Å²) in [7, 11) is 0. The third-order valence-corrected chi connectivity index (χ3v) is 4.14. The van der Waals surface area contributed by atoms with Crippen molar-refractivity contribution >= 4 is 6.09 Å². The van der Waals surface area contributed by atoms with Crippen LogP contribution >= 0.6 is 0 Å². The van der Waals surface area contributed by atoms with Crippen LogP contribution in [0.15, 0.2) is 30.7 Å². The molecule has 2 heterocycles. The number of nitrogens with zero attached hydrogens (tertiary/aromatic N) is 4. The molecule has 2 atom stereocenters. The number of aromatic nitrogens is 4. The van der Waals surface area contributed by atoms with Gasteiger partial charge in [0.25, 0.3) is 0 Å². The van der Waals surface area contributed by atoms with E-state index in [1.807, 2.05) is 43.7 Å². The molecule has 134 valence electrons. The maximum absolute atomic E-state index is 12.0. The van der Waals surface area contributed by atoms with E-state index in [0.717, 1.165) is 31.4 Å². The smallest absolute Gasteiger partial charge is 0.407 e. The van der Waals surface area contributed by atoms with E-state index >= 15 is 0 Å². The van der Waals surface area contributed by atoms with E-state index in [9.17, 15) is 4.79 Å². The molecule has 0 unspecified atom stereocenters. The van der Waals surface area contributed by atoms with Crippen LogP contribution in [0.1, 0.15) is 52.5 Å². The molecule has 7 heteroatoms. The summed E-state index contributed by atoms with van der Waals surface area (Å²) < 4.78 is 7.25. The molecule has 25 heavy (non-hydrogen) atoms. The molecule has 1 fully saturated rings. The van der Waals surface area contributed by atoms with Gasteiger partial charge in [0.2, 0.25) is 0 Å². The van der Waals surface area contributed by atoms with Gasteiger partial charge in [0.1, 0.15) is 17.6 Å². The van der Waals surface area contributed by atoms with Gasteiger partial charge in [-0.2, -0.15) is 0 Å². The van der Waals surface area contributed by atoms with Crippen molar-refractivity contribution in [3.63, 3.8) is 0 Å². The summed E-state index contributed by atoms with van der Waals surface area (Å²) in [5, 5.41) is 7.55. The Bertz CT molecular complexity index is 708. The van der Waals surface area contributed by atoms with Gasteiger partial charge in [-0.05, 0) is 58.6 Å². The highest BCUT2D eigenvalue weighted by Gasteiger charge is 2.27. The molecule has 2 aromatic heterocycles. The van der Waals surface area contributed by atoms with Gasteiger partial charge >= 0.3 is 6.09 Å². The molecule has 7 nitrogen and oxygen atoms in total. The largest absolute Gasteiger partial charge is 0.444 e. The van der Waals surface area contributed by atoms with Crippen molar-refractivity contribution in [1.29, 1.82) is 0 Å². The van der Waals surface area contributed by atoms with Gasteiger partial charge in [0.05, 0.1) is 6.04 Å². The van der Waals surface area contributed by atoms with Crippen molar-refractivity contribution in [3.05, 3.63) is 30.7 Å². The van der Waals surface area contributed by atoms with Crippen LogP contribution in [0.2, 0.25) is 0 Å². The summed E-state index contributed by atoms with van der Waals surface area (Å²) >= 11 is 0. The van der Waals surface area contributed by atoms with Gasteiger partial charge in [0.15, 0.2) is 5.82 Å². The predicted octanol–water partition coefficient (Wildman–Crippen LogP) is 3.35. The minimum Gasteiger partial charge on any atom is -0.444 e. The van der Waals surface area contributed by atoms with Crippen LogP contribution in [0.4, 0.5) is 4.79 Å². The lowest BCUT2D eigenvalue weighted by Crippen LogP contribution is -2.41. The fraction of sp³-hybridized carbons (Fsp3) is 0.556. The number of carbonyl (C=O) groups excluding carboxylic acids is 1. The Morgan fingerprint density at radius 1 is 1.28 bits per heavy atom. The predicted molar refractivity (Wildman–Crippen MR) is 93.9 cm³/mol. The first-order valence-electron chi connectivity index (χ1n) is 8.73. The van der Waals surface area contributed by atoms with Gasteiger partial charge in [-0.3, -0.25) is 4.98 Å². The Morgan fingerprint density at radius 3 is 2.84 bits per heavy atom. The van der Waals surface area contributed by atoms with Crippen molar-refractivity contribution < 1.29 is 9.53 Å². The third-order valence-electron chi connectivity index (χ3n) is 4.14. The lowest BCUT2D eigenvalue weighted by atomic mass is 9.91. The maximum atomic E-state index is 12.0. The van der Waals surface area contributed by atoms with E-state index in [4.69, 9.17) is 4.74 Å². The summed E-state index contributed by atoms with van der Waals surface area (Å²) in [4.78, 5) is 20.6. The van der Waals surface area contributed by atoms with Crippen LogP contribution in [0, 0.1) is 0 Å². The van der Waals surface area contributed by atoms with Crippen LogP contribution in [0.5, 0.6) is 0 Å². The molecule has 1 aliphatic rings. The minimum atomic E-state index is -0.484. The SMILES string of the molecule is CC(C)(C)OC(=O)N[C@H]1CCC[C@H](n2cnc(-c3ccccn3)n2)C1. The fourth-order valence-electron chi connectivity index (χ4n) is 3.07. The molecule has 0 aromatic carbocycles. The molecule has 1 saturated carbocycles. The second kappa shape index (κ2) is 7.21. The van der Waals surface area contributed by atoms with E-state index in [1.165, 1.54) is 0 Å². The number of pyridine rings is 1. The molecule has 1 N–H and O–H groups in total. The topological polar surface area (TPSA) is 81.9 Å². The molecule has 0 aliphatic heterocycles. The molecule has 1 aliphatic carbocycles. The number of ether oxygens (including phenoxy) is 1. The molecule has 3 rings (SSSR count). The summed E-state index contributed by atoms with van der Waals surface area (Å²) in [6, 6.07) is 6.00. The summed E-state index contributed by atoms with van der Waals surface area (Å²) in [5.74, 6) is 0.628. The van der Waals surface area contributed by atoms with Crippen molar-refractivity contribution in [3.8, 4) is 11.5 Å². The van der Waals surface area contributed by atoms with Crippen molar-refractivity contribution in [2.75, 3.05) is 0 Å². The number of nitrogens with one attached hydrogen (secondary N) is 1. The summed E-state index contributed by atoms with van der Waals surface area (Å²) in [6.07, 6.45) is 6.97. The van der Waals surface area contributed by atoms with Crippen molar-refractivity contribution in [2.24, 2.45) is 0 Å². The lowest BCUT2D eigenvalue weighted by Gasteiger charge is -2.30. The monoisotopic (exact) mass is 343 g/mol. The molecular weight excluding hydrogens is 318 g/mol. The van der Waals surface area contributed by atoms with Gasteiger partial charge in [-0.15, -0.1) is 5.10 Å². The molecule has 0 bridgehead atoms. The standard InChI is InChI=1S/C18H25N5O2/c1-18(2,3)25-17(24)21-13-7-6-8-14(11-13)23-12-20-16(22-23)15-9-4-5-10-19-15/h4-5,9-10,12-14H,6-8,11H2,1-3H3,(H,21,24)/t13-,14-/m0/s1. The number of hydrogen-bond acceptors (Lipinski definition) is 5. The molecule has 0 saturated heterocycles. The molecule has 1 amide bonds. The van der Waals surface area contributed by atoms with E-state index in [1.54, 1.807) is 12.5 Å². The highest BCUT2D eigenvalue weighted by Crippen LogP contribution is 2.28. The zero-order chi connectivity index (χ0) is 17.9. The summed E-state index contributed by atoms with van der Waals surface area (Å²) in [5.41, 5.74) is 0.280. The van der Waals surface area contributed by atoms with Gasteiger partial charge in [-0.25, -0.2) is 14.5 Å². The van der Waals surface area contributed by atoms with E-state index in [-0.39, 0.29) is 18.2 Å². The number of hydrogen-bond donors (Lipinski definition) is 1. The van der Waals surface area contributed by atoms with Crippen molar-refractivity contribution in [2.45, 2.75) is 64.1 Å². The quantitative estimate of drug-likeness (QED) is 0.924. The van der Waals surface area contributed by atoms with Crippen LogP contribution in [-0.4, -0.2) is 37.5 Å². The number of alkyl carbamates (subject to hydrolysis) is 1. The Balaban J connectivity index is 1.62. The van der Waals surface area contributed by atoms with Gasteiger partial charge in [-0.1, -0.05) is 6.07 Å². The second-order valence-electron chi connectivity index (χ2n) is 7.43. The maximum Gasteiger partial charge on any atom is 0.407 e. The van der Waals surface area contributed by atoms with Crippen LogP contribution in [-0.2, 0) is 4.74 Å². The Hall–Kier alpha value is -2.44. The average molecular weight is 343 g/mol. The molecular formula is C18H25N5O2. The first-order chi connectivity index (χ1) is 11.9. The van der Waals surface area contributed by atoms with E-state index in [0.29, 0.717) is 5.82 Å². The fourth-order valence-corrected chi connectivity index (χ4v) is 3.07. The Kier molecular flexibility index (Phi) is 5.01. The van der Waals surface area contributed by atoms with Crippen molar-refractivity contribution in [1.82, 2.24) is 25.1 Å². The van der Waals surface area contributed by atoms with E-state index < -0.39 is 5.60 Å². The van der Waals surface area contributed by atoms with Gasteiger partial charge in [0, 0.05) is 12.2 Å². The summed E-state index contributed by atoms with van der Waals surface area (Å²) in [6.45, 7) is 5.60. The highest BCUT2D eigenvalue weighted by molar-refractivity contribution is 5.68. The zero-order valence-corrected chi connectivity index (χ0v) is 15.0. The number of rotatable bonds is 3. The minimum absolute atomic E-state index is 0.0936. The van der Waals surface area contributed by atoms with Crippen LogP contribution in [0.3, 0.4) is 0 Å². The highest BCUT2D eigenvalue weighted by atomic mass is 16.6. The normalized spacial score (nSPS) is 20.9. The molecule has 0 radical (unpaired) electrons. The number of amides is 1. The zero-order valence-electron chi connectivity index (χ0n) is 15.0. The van der Waals surface area contributed by atoms with Crippen LogP contribution < -0.4 is 5.32 Å². The first-order valence-corrected chi connectivity index (χ1v) is 8.73. The second-order valence-corrected chi connectivity index (χ2v) is 7.43. The number of carbonyl (C=O) groups is 1.